The van der Waals surface area contributed by atoms with Crippen LogP contribution in [0.3, 0.4) is 0 Å². The zero-order valence-corrected chi connectivity index (χ0v) is 18.0. The van der Waals surface area contributed by atoms with E-state index in [2.05, 4.69) is 10.1 Å². The summed E-state index contributed by atoms with van der Waals surface area (Å²) in [6.07, 6.45) is 0.386. The third-order valence-corrected chi connectivity index (χ3v) is 4.32. The first-order valence-corrected chi connectivity index (χ1v) is 9.61. The Kier molecular flexibility index (Phi) is 9.52. The largest absolute Gasteiger partial charge is 0.493 e. The average Bonchev–Trinajstić information content (AvgIpc) is 2.77. The van der Waals surface area contributed by atoms with Crippen LogP contribution in [0.2, 0.25) is 0 Å². The van der Waals surface area contributed by atoms with Crippen LogP contribution in [-0.2, 0) is 27.2 Å². The summed E-state index contributed by atoms with van der Waals surface area (Å²) >= 11 is 0. The smallest absolute Gasteiger partial charge is 0.387 e. The van der Waals surface area contributed by atoms with Crippen LogP contribution in [0, 0.1) is 0 Å². The van der Waals surface area contributed by atoms with E-state index in [1.807, 2.05) is 0 Å². The predicted molar refractivity (Wildman–Crippen MR) is 111 cm³/mol. The summed E-state index contributed by atoms with van der Waals surface area (Å²) < 4.78 is 49.3. The first-order chi connectivity index (χ1) is 15.4. The fourth-order valence-electron chi connectivity index (χ4n) is 2.84. The van der Waals surface area contributed by atoms with Gasteiger partial charge in [0.1, 0.15) is 5.75 Å². The monoisotopic (exact) mass is 453 g/mol. The number of esters is 1. The van der Waals surface area contributed by atoms with Gasteiger partial charge >= 0.3 is 12.6 Å². The van der Waals surface area contributed by atoms with Crippen molar-refractivity contribution in [3.63, 3.8) is 0 Å². The summed E-state index contributed by atoms with van der Waals surface area (Å²) in [4.78, 5) is 24.0. The van der Waals surface area contributed by atoms with Crippen LogP contribution in [-0.4, -0.2) is 53.0 Å². The Balaban J connectivity index is 1.76. The number of hydrogen-bond donors (Lipinski definition) is 1. The molecule has 0 aliphatic rings. The Bertz CT molecular complexity index is 879. The number of nitrogens with one attached hydrogen (secondary N) is 1. The molecule has 0 fully saturated rings. The van der Waals surface area contributed by atoms with Gasteiger partial charge in [0.15, 0.2) is 18.1 Å². The van der Waals surface area contributed by atoms with Gasteiger partial charge in [0.2, 0.25) is 5.75 Å². The second-order valence-corrected chi connectivity index (χ2v) is 6.49. The molecule has 0 heterocycles. The summed E-state index contributed by atoms with van der Waals surface area (Å²) in [6, 6.07) is 9.35. The van der Waals surface area contributed by atoms with Gasteiger partial charge in [-0.05, 0) is 41.8 Å². The van der Waals surface area contributed by atoms with Crippen molar-refractivity contribution < 1.29 is 42.1 Å². The molecule has 0 saturated heterocycles. The molecule has 0 aromatic heterocycles. The van der Waals surface area contributed by atoms with Crippen LogP contribution < -0.4 is 24.3 Å². The number of hydrogen-bond acceptors (Lipinski definition) is 7. The van der Waals surface area contributed by atoms with Gasteiger partial charge in [-0.15, -0.1) is 0 Å². The quantitative estimate of drug-likeness (QED) is 0.494. The maximum Gasteiger partial charge on any atom is 0.387 e. The van der Waals surface area contributed by atoms with Gasteiger partial charge in [0.25, 0.3) is 5.91 Å². The van der Waals surface area contributed by atoms with Gasteiger partial charge in [-0.3, -0.25) is 9.59 Å². The standard InChI is InChI=1S/C22H25F2NO7/c1-28-17-10-15(11-18(29-2)21(17)30-3)12-20(27)31-13-19(26)25-9-8-14-4-6-16(7-5-14)32-22(23)24/h4-7,10-11,22H,8-9,12-13H2,1-3H3,(H,25,26). The number of benzene rings is 2. The summed E-state index contributed by atoms with van der Waals surface area (Å²) in [5.41, 5.74) is 1.40. The van der Waals surface area contributed by atoms with Gasteiger partial charge in [-0.2, -0.15) is 8.78 Å². The molecule has 0 aliphatic carbocycles. The molecule has 0 saturated carbocycles. The Morgan fingerprint density at radius 1 is 0.938 bits per heavy atom. The van der Waals surface area contributed by atoms with Crippen molar-refractivity contribution in [2.75, 3.05) is 34.5 Å². The molecular formula is C22H25F2NO7. The Labute approximate surface area is 184 Å². The highest BCUT2D eigenvalue weighted by Crippen LogP contribution is 2.38. The number of carbonyl (C=O) groups excluding carboxylic acids is 2. The Hall–Kier alpha value is -3.56. The van der Waals surface area contributed by atoms with Gasteiger partial charge in [0, 0.05) is 6.54 Å². The number of carbonyl (C=O) groups is 2. The SMILES string of the molecule is COc1cc(CC(=O)OCC(=O)NCCc2ccc(OC(F)F)cc2)cc(OC)c1OC. The van der Waals surface area contributed by atoms with Crippen LogP contribution in [0.25, 0.3) is 0 Å². The zero-order chi connectivity index (χ0) is 23.5. The highest BCUT2D eigenvalue weighted by Gasteiger charge is 2.16. The number of alkyl halides is 2. The highest BCUT2D eigenvalue weighted by atomic mass is 19.3. The molecule has 0 aliphatic heterocycles. The fraction of sp³-hybridized carbons (Fsp3) is 0.364. The van der Waals surface area contributed by atoms with Crippen molar-refractivity contribution in [1.82, 2.24) is 5.32 Å². The minimum absolute atomic E-state index is 0.0618. The molecule has 8 nitrogen and oxygen atoms in total. The summed E-state index contributed by atoms with van der Waals surface area (Å²) in [7, 11) is 4.41. The van der Waals surface area contributed by atoms with Crippen molar-refractivity contribution >= 4 is 11.9 Å². The molecule has 0 radical (unpaired) electrons. The normalized spacial score (nSPS) is 10.4. The van der Waals surface area contributed by atoms with Crippen LogP contribution >= 0.6 is 0 Å². The van der Waals surface area contributed by atoms with E-state index in [-0.39, 0.29) is 18.7 Å². The first-order valence-electron chi connectivity index (χ1n) is 9.61. The van der Waals surface area contributed by atoms with E-state index in [0.29, 0.717) is 29.2 Å². The van der Waals surface area contributed by atoms with Crippen molar-refractivity contribution in [2.45, 2.75) is 19.5 Å². The fourth-order valence-corrected chi connectivity index (χ4v) is 2.84. The lowest BCUT2D eigenvalue weighted by Gasteiger charge is -2.14. The van der Waals surface area contributed by atoms with Crippen molar-refractivity contribution in [2.24, 2.45) is 0 Å². The second kappa shape index (κ2) is 12.3. The number of rotatable bonds is 12. The van der Waals surface area contributed by atoms with Crippen LogP contribution in [0.15, 0.2) is 36.4 Å². The summed E-state index contributed by atoms with van der Waals surface area (Å²) in [5, 5.41) is 2.62. The lowest BCUT2D eigenvalue weighted by Crippen LogP contribution is -2.30. The third-order valence-electron chi connectivity index (χ3n) is 4.32. The number of amides is 1. The maximum absolute atomic E-state index is 12.1. The zero-order valence-electron chi connectivity index (χ0n) is 18.0. The van der Waals surface area contributed by atoms with E-state index in [1.165, 1.54) is 33.5 Å². The Morgan fingerprint density at radius 2 is 1.56 bits per heavy atom. The number of halogens is 2. The van der Waals surface area contributed by atoms with E-state index >= 15 is 0 Å². The molecule has 1 N–H and O–H groups in total. The molecule has 0 bridgehead atoms. The average molecular weight is 453 g/mol. The van der Waals surface area contributed by atoms with Gasteiger partial charge in [0.05, 0.1) is 27.8 Å². The topological polar surface area (TPSA) is 92.3 Å². The molecule has 174 valence electrons. The number of methoxy groups -OCH3 is 3. The van der Waals surface area contributed by atoms with E-state index in [9.17, 15) is 18.4 Å². The van der Waals surface area contributed by atoms with E-state index in [0.717, 1.165) is 5.56 Å². The molecule has 10 heteroatoms. The third kappa shape index (κ3) is 7.60. The summed E-state index contributed by atoms with van der Waals surface area (Å²) in [5.74, 6) is 0.224. The Morgan fingerprint density at radius 3 is 2.09 bits per heavy atom. The van der Waals surface area contributed by atoms with Crippen LogP contribution in [0.5, 0.6) is 23.0 Å². The number of ether oxygens (including phenoxy) is 5. The lowest BCUT2D eigenvalue weighted by molar-refractivity contribution is -0.147. The molecule has 1 amide bonds. The molecule has 2 aromatic carbocycles. The molecule has 32 heavy (non-hydrogen) atoms. The van der Waals surface area contributed by atoms with Crippen LogP contribution in [0.1, 0.15) is 11.1 Å². The molecular weight excluding hydrogens is 428 g/mol. The first kappa shape index (κ1) is 24.7. The van der Waals surface area contributed by atoms with E-state index in [1.54, 1.807) is 24.3 Å². The lowest BCUT2D eigenvalue weighted by atomic mass is 10.1. The van der Waals surface area contributed by atoms with Gasteiger partial charge in [-0.1, -0.05) is 12.1 Å². The highest BCUT2D eigenvalue weighted by molar-refractivity contribution is 5.81. The van der Waals surface area contributed by atoms with Crippen molar-refractivity contribution in [3.8, 4) is 23.0 Å². The molecule has 2 aromatic rings. The second-order valence-electron chi connectivity index (χ2n) is 6.49. The van der Waals surface area contributed by atoms with E-state index in [4.69, 9.17) is 18.9 Å². The summed E-state index contributed by atoms with van der Waals surface area (Å²) in [6.45, 7) is -3.01. The molecule has 2 rings (SSSR count). The molecule has 0 unspecified atom stereocenters. The van der Waals surface area contributed by atoms with Crippen molar-refractivity contribution in [1.29, 1.82) is 0 Å². The predicted octanol–water partition coefficient (Wildman–Crippen LogP) is 2.76. The van der Waals surface area contributed by atoms with Crippen molar-refractivity contribution in [3.05, 3.63) is 47.5 Å². The molecule has 0 atom stereocenters. The van der Waals surface area contributed by atoms with Gasteiger partial charge < -0.3 is 29.0 Å². The maximum atomic E-state index is 12.1. The van der Waals surface area contributed by atoms with Gasteiger partial charge in [-0.25, -0.2) is 0 Å². The minimum atomic E-state index is -2.88. The minimum Gasteiger partial charge on any atom is -0.493 e. The van der Waals surface area contributed by atoms with Crippen LogP contribution in [0.4, 0.5) is 8.78 Å². The van der Waals surface area contributed by atoms with E-state index < -0.39 is 25.1 Å². The molecule has 0 spiro atoms.